The minimum atomic E-state index is -0.664. The van der Waals surface area contributed by atoms with Gasteiger partial charge in [0, 0.05) is 38.6 Å². The molecule has 3 aromatic heterocycles. The fraction of sp³-hybridized carbons (Fsp3) is 0.235. The van der Waals surface area contributed by atoms with E-state index in [0.29, 0.717) is 31.8 Å². The number of pyridine rings is 2. The van der Waals surface area contributed by atoms with Gasteiger partial charge < -0.3 is 9.80 Å². The van der Waals surface area contributed by atoms with E-state index in [1.165, 1.54) is 10.6 Å². The highest BCUT2D eigenvalue weighted by Crippen LogP contribution is 2.24. The zero-order valence-corrected chi connectivity index (χ0v) is 13.9. The standard InChI is InChI=1S/C17H16N6O3/c24-17-15(23(25)26)16(19-14-6-2-4-8-22(14)17)21-11-9-20(10-12-21)13-5-1-3-7-18-13/h1-8H,9-12H2. The third kappa shape index (κ3) is 2.73. The Kier molecular flexibility index (Phi) is 3.96. The van der Waals surface area contributed by atoms with Gasteiger partial charge in [0.25, 0.3) is 0 Å². The monoisotopic (exact) mass is 352 g/mol. The maximum atomic E-state index is 12.6. The van der Waals surface area contributed by atoms with Crippen LogP contribution in [0.15, 0.2) is 53.6 Å². The van der Waals surface area contributed by atoms with Gasteiger partial charge in [-0.3, -0.25) is 19.3 Å². The van der Waals surface area contributed by atoms with Crippen molar-refractivity contribution in [1.82, 2.24) is 14.4 Å². The van der Waals surface area contributed by atoms with Crippen molar-refractivity contribution in [2.24, 2.45) is 0 Å². The van der Waals surface area contributed by atoms with Crippen molar-refractivity contribution >= 4 is 23.0 Å². The molecular formula is C17H16N6O3. The quantitative estimate of drug-likeness (QED) is 0.518. The van der Waals surface area contributed by atoms with Gasteiger partial charge in [-0.15, -0.1) is 0 Å². The minimum Gasteiger partial charge on any atom is -0.353 e. The Morgan fingerprint density at radius 1 is 1.00 bits per heavy atom. The zero-order valence-electron chi connectivity index (χ0n) is 13.9. The topological polar surface area (TPSA) is 96.9 Å². The molecule has 0 amide bonds. The van der Waals surface area contributed by atoms with Crippen LogP contribution in [0.1, 0.15) is 0 Å². The fourth-order valence-corrected chi connectivity index (χ4v) is 3.14. The largest absolute Gasteiger partial charge is 0.376 e. The highest BCUT2D eigenvalue weighted by Gasteiger charge is 2.29. The van der Waals surface area contributed by atoms with Crippen LogP contribution in [0.4, 0.5) is 17.3 Å². The van der Waals surface area contributed by atoms with Gasteiger partial charge in [-0.25, -0.2) is 9.97 Å². The van der Waals surface area contributed by atoms with Crippen LogP contribution in [0.25, 0.3) is 5.65 Å². The molecule has 132 valence electrons. The highest BCUT2D eigenvalue weighted by molar-refractivity contribution is 5.62. The maximum Gasteiger partial charge on any atom is 0.376 e. The van der Waals surface area contributed by atoms with E-state index < -0.39 is 16.2 Å². The number of nitrogens with zero attached hydrogens (tertiary/aromatic N) is 6. The summed E-state index contributed by atoms with van der Waals surface area (Å²) in [7, 11) is 0. The Hall–Kier alpha value is -3.49. The van der Waals surface area contributed by atoms with Gasteiger partial charge >= 0.3 is 11.2 Å². The lowest BCUT2D eigenvalue weighted by atomic mass is 10.3. The number of hydrogen-bond acceptors (Lipinski definition) is 7. The van der Waals surface area contributed by atoms with E-state index in [9.17, 15) is 14.9 Å². The average molecular weight is 352 g/mol. The van der Waals surface area contributed by atoms with Crippen LogP contribution < -0.4 is 15.4 Å². The molecule has 4 rings (SSSR count). The van der Waals surface area contributed by atoms with Gasteiger partial charge in [0.1, 0.15) is 11.5 Å². The summed E-state index contributed by atoms with van der Waals surface area (Å²) >= 11 is 0. The summed E-state index contributed by atoms with van der Waals surface area (Å²) in [5.74, 6) is 1.00. The third-order valence-electron chi connectivity index (χ3n) is 4.43. The summed E-state index contributed by atoms with van der Waals surface area (Å²) < 4.78 is 1.20. The van der Waals surface area contributed by atoms with Crippen LogP contribution in [0.5, 0.6) is 0 Å². The second kappa shape index (κ2) is 6.43. The van der Waals surface area contributed by atoms with Crippen molar-refractivity contribution in [2.45, 2.75) is 0 Å². The van der Waals surface area contributed by atoms with Crippen molar-refractivity contribution in [3.05, 3.63) is 69.3 Å². The van der Waals surface area contributed by atoms with Gasteiger partial charge in [-0.2, -0.15) is 0 Å². The smallest absolute Gasteiger partial charge is 0.353 e. The summed E-state index contributed by atoms with van der Waals surface area (Å²) in [5.41, 5.74) is -0.756. The predicted molar refractivity (Wildman–Crippen MR) is 96.8 cm³/mol. The lowest BCUT2D eigenvalue weighted by Gasteiger charge is -2.35. The second-order valence-corrected chi connectivity index (χ2v) is 5.94. The molecule has 0 atom stereocenters. The molecular weight excluding hydrogens is 336 g/mol. The van der Waals surface area contributed by atoms with Crippen molar-refractivity contribution in [3.8, 4) is 0 Å². The molecule has 0 aromatic carbocycles. The highest BCUT2D eigenvalue weighted by atomic mass is 16.6. The van der Waals surface area contributed by atoms with Gasteiger partial charge in [-0.05, 0) is 24.3 Å². The normalized spacial score (nSPS) is 14.6. The zero-order chi connectivity index (χ0) is 18.1. The molecule has 0 N–H and O–H groups in total. The molecule has 0 unspecified atom stereocenters. The Morgan fingerprint density at radius 2 is 1.73 bits per heavy atom. The molecule has 1 aliphatic rings. The fourth-order valence-electron chi connectivity index (χ4n) is 3.14. The molecule has 0 saturated carbocycles. The Labute approximate surface area is 148 Å². The summed E-state index contributed by atoms with van der Waals surface area (Å²) in [6.07, 6.45) is 3.22. The minimum absolute atomic E-state index is 0.131. The molecule has 9 heteroatoms. The molecule has 1 aliphatic heterocycles. The van der Waals surface area contributed by atoms with E-state index >= 15 is 0 Å². The molecule has 3 aromatic rings. The van der Waals surface area contributed by atoms with Crippen molar-refractivity contribution < 1.29 is 4.92 Å². The molecule has 4 heterocycles. The lowest BCUT2D eigenvalue weighted by molar-refractivity contribution is -0.385. The molecule has 0 bridgehead atoms. The first-order valence-corrected chi connectivity index (χ1v) is 8.22. The van der Waals surface area contributed by atoms with Crippen LogP contribution in [0.2, 0.25) is 0 Å². The molecule has 1 fully saturated rings. The number of nitro groups is 1. The number of piperazine rings is 1. The van der Waals surface area contributed by atoms with Crippen molar-refractivity contribution in [2.75, 3.05) is 36.0 Å². The van der Waals surface area contributed by atoms with E-state index in [1.54, 1.807) is 29.3 Å². The second-order valence-electron chi connectivity index (χ2n) is 5.94. The lowest BCUT2D eigenvalue weighted by Crippen LogP contribution is -2.47. The summed E-state index contributed by atoms with van der Waals surface area (Å²) in [4.78, 5) is 36.1. The number of rotatable bonds is 3. The van der Waals surface area contributed by atoms with Crippen LogP contribution in [-0.4, -0.2) is 45.5 Å². The van der Waals surface area contributed by atoms with Crippen molar-refractivity contribution in [3.63, 3.8) is 0 Å². The summed E-state index contributed by atoms with van der Waals surface area (Å²) in [6, 6.07) is 10.8. The number of aromatic nitrogens is 3. The first kappa shape index (κ1) is 16.0. The first-order valence-electron chi connectivity index (χ1n) is 8.22. The average Bonchev–Trinajstić information content (AvgIpc) is 2.68. The number of hydrogen-bond donors (Lipinski definition) is 0. The van der Waals surface area contributed by atoms with E-state index in [1.807, 2.05) is 18.2 Å². The van der Waals surface area contributed by atoms with Crippen LogP contribution in [0.3, 0.4) is 0 Å². The van der Waals surface area contributed by atoms with Crippen LogP contribution >= 0.6 is 0 Å². The maximum absolute atomic E-state index is 12.6. The molecule has 0 spiro atoms. The predicted octanol–water partition coefficient (Wildman–Crippen LogP) is 1.32. The molecule has 9 nitrogen and oxygen atoms in total. The van der Waals surface area contributed by atoms with E-state index in [0.717, 1.165) is 5.82 Å². The molecule has 0 radical (unpaired) electrons. The van der Waals surface area contributed by atoms with Crippen LogP contribution in [0, 0.1) is 10.1 Å². The molecule has 1 saturated heterocycles. The first-order chi connectivity index (χ1) is 12.6. The summed E-state index contributed by atoms with van der Waals surface area (Å²) in [6.45, 7) is 2.33. The molecule has 0 aliphatic carbocycles. The summed E-state index contributed by atoms with van der Waals surface area (Å²) in [5, 5.41) is 11.5. The SMILES string of the molecule is O=c1c([N+](=O)[O-])c(N2CCN(c3ccccn3)CC2)nc2ccccn12. The Balaban J connectivity index is 1.68. The van der Waals surface area contributed by atoms with E-state index in [-0.39, 0.29) is 5.82 Å². The number of anilines is 2. The van der Waals surface area contributed by atoms with Crippen LogP contribution in [-0.2, 0) is 0 Å². The third-order valence-corrected chi connectivity index (χ3v) is 4.43. The van der Waals surface area contributed by atoms with Gasteiger partial charge in [-0.1, -0.05) is 12.1 Å². The van der Waals surface area contributed by atoms with Crippen molar-refractivity contribution in [1.29, 1.82) is 0 Å². The van der Waals surface area contributed by atoms with E-state index in [2.05, 4.69) is 14.9 Å². The van der Waals surface area contributed by atoms with Gasteiger partial charge in [0.15, 0.2) is 0 Å². The van der Waals surface area contributed by atoms with Gasteiger partial charge in [0.05, 0.1) is 4.92 Å². The van der Waals surface area contributed by atoms with E-state index in [4.69, 9.17) is 0 Å². The van der Waals surface area contributed by atoms with Gasteiger partial charge in [0.2, 0.25) is 5.82 Å². The molecule has 26 heavy (non-hydrogen) atoms. The number of fused-ring (bicyclic) bond motifs is 1. The Morgan fingerprint density at radius 3 is 2.42 bits per heavy atom. The Bertz CT molecular complexity index is 1010.